The first-order valence-corrected chi connectivity index (χ1v) is 7.66. The van der Waals surface area contributed by atoms with E-state index < -0.39 is 6.10 Å². The third kappa shape index (κ3) is 2.64. The van der Waals surface area contributed by atoms with Crippen molar-refractivity contribution in [1.82, 2.24) is 9.55 Å². The van der Waals surface area contributed by atoms with E-state index >= 15 is 0 Å². The number of aromatic nitrogens is 2. The van der Waals surface area contributed by atoms with Gasteiger partial charge in [0.2, 0.25) is 0 Å². The molecule has 0 aliphatic rings. The molecular formula is C19H22N2O. The van der Waals surface area contributed by atoms with Crippen molar-refractivity contribution in [2.75, 3.05) is 0 Å². The van der Waals surface area contributed by atoms with Gasteiger partial charge in [0, 0.05) is 6.54 Å². The van der Waals surface area contributed by atoms with Gasteiger partial charge in [-0.05, 0) is 56.5 Å². The van der Waals surface area contributed by atoms with E-state index in [-0.39, 0.29) is 0 Å². The number of hydrogen-bond donors (Lipinski definition) is 1. The van der Waals surface area contributed by atoms with Crippen molar-refractivity contribution in [2.24, 2.45) is 0 Å². The lowest BCUT2D eigenvalue weighted by Crippen LogP contribution is -2.08. The summed E-state index contributed by atoms with van der Waals surface area (Å²) in [6.45, 7) is 8.78. The van der Waals surface area contributed by atoms with Gasteiger partial charge in [0.25, 0.3) is 0 Å². The number of benzene rings is 2. The summed E-state index contributed by atoms with van der Waals surface area (Å²) in [7, 11) is 0. The Kier molecular flexibility index (Phi) is 3.75. The molecule has 0 saturated carbocycles. The molecule has 0 aliphatic heterocycles. The highest BCUT2D eigenvalue weighted by Crippen LogP contribution is 2.25. The van der Waals surface area contributed by atoms with Gasteiger partial charge >= 0.3 is 0 Å². The van der Waals surface area contributed by atoms with Gasteiger partial charge in [-0.15, -0.1) is 0 Å². The monoisotopic (exact) mass is 294 g/mol. The zero-order chi connectivity index (χ0) is 15.9. The van der Waals surface area contributed by atoms with E-state index in [9.17, 15) is 5.11 Å². The predicted molar refractivity (Wildman–Crippen MR) is 90.1 cm³/mol. The normalized spacial score (nSPS) is 12.8. The Morgan fingerprint density at radius 1 is 1.05 bits per heavy atom. The second kappa shape index (κ2) is 5.58. The lowest BCUT2D eigenvalue weighted by atomic mass is 10.1. The van der Waals surface area contributed by atoms with Gasteiger partial charge in [-0.25, -0.2) is 4.98 Å². The Balaban J connectivity index is 2.15. The van der Waals surface area contributed by atoms with Gasteiger partial charge in [-0.1, -0.05) is 29.8 Å². The predicted octanol–water partition coefficient (Wildman–Crippen LogP) is 4.06. The zero-order valence-corrected chi connectivity index (χ0v) is 13.6. The average Bonchev–Trinajstić information content (AvgIpc) is 2.80. The number of hydrogen-bond acceptors (Lipinski definition) is 2. The number of aliphatic hydroxyl groups is 1. The Hall–Kier alpha value is -2.13. The molecule has 1 unspecified atom stereocenters. The van der Waals surface area contributed by atoms with E-state index in [1.54, 1.807) is 6.92 Å². The molecule has 114 valence electrons. The maximum absolute atomic E-state index is 10.1. The Bertz CT molecular complexity index is 814. The molecule has 1 aromatic heterocycles. The van der Waals surface area contributed by atoms with E-state index in [1.807, 2.05) is 0 Å². The molecule has 0 radical (unpaired) electrons. The fraction of sp³-hybridized carbons (Fsp3) is 0.316. The molecule has 0 amide bonds. The molecule has 3 aromatic rings. The second-order valence-corrected chi connectivity index (χ2v) is 6.14. The Labute approximate surface area is 131 Å². The molecule has 3 rings (SSSR count). The third-order valence-electron chi connectivity index (χ3n) is 4.23. The van der Waals surface area contributed by atoms with Crippen molar-refractivity contribution in [3.63, 3.8) is 0 Å². The van der Waals surface area contributed by atoms with Gasteiger partial charge in [0.15, 0.2) is 0 Å². The van der Waals surface area contributed by atoms with Crippen LogP contribution in [-0.4, -0.2) is 14.7 Å². The van der Waals surface area contributed by atoms with Crippen molar-refractivity contribution in [3.05, 3.63) is 64.5 Å². The van der Waals surface area contributed by atoms with Crippen LogP contribution in [0.1, 0.15) is 41.1 Å². The molecule has 2 aromatic carbocycles. The van der Waals surface area contributed by atoms with Crippen molar-refractivity contribution in [3.8, 4) is 0 Å². The van der Waals surface area contributed by atoms with E-state index in [0.29, 0.717) is 0 Å². The smallest absolute Gasteiger partial charge is 0.138 e. The first-order valence-electron chi connectivity index (χ1n) is 7.66. The number of aliphatic hydroxyl groups excluding tert-OH is 1. The quantitative estimate of drug-likeness (QED) is 0.791. The molecule has 3 heteroatoms. The summed E-state index contributed by atoms with van der Waals surface area (Å²) in [6.07, 6.45) is -0.585. The summed E-state index contributed by atoms with van der Waals surface area (Å²) in [6, 6.07) is 12.8. The lowest BCUT2D eigenvalue weighted by molar-refractivity contribution is 0.185. The summed E-state index contributed by atoms with van der Waals surface area (Å²) >= 11 is 0. The van der Waals surface area contributed by atoms with Crippen LogP contribution in [0.15, 0.2) is 36.4 Å². The van der Waals surface area contributed by atoms with E-state index in [4.69, 9.17) is 0 Å². The zero-order valence-electron chi connectivity index (χ0n) is 13.6. The summed E-state index contributed by atoms with van der Waals surface area (Å²) in [4.78, 5) is 4.64. The largest absolute Gasteiger partial charge is 0.385 e. The Morgan fingerprint density at radius 3 is 2.32 bits per heavy atom. The van der Waals surface area contributed by atoms with E-state index in [2.05, 4.69) is 66.7 Å². The van der Waals surface area contributed by atoms with Gasteiger partial charge in [0.1, 0.15) is 11.9 Å². The molecular weight excluding hydrogens is 272 g/mol. The van der Waals surface area contributed by atoms with Crippen molar-refractivity contribution in [1.29, 1.82) is 0 Å². The van der Waals surface area contributed by atoms with Crippen LogP contribution >= 0.6 is 0 Å². The molecule has 1 heterocycles. The van der Waals surface area contributed by atoms with E-state index in [1.165, 1.54) is 22.3 Å². The number of imidazole rings is 1. The fourth-order valence-corrected chi connectivity index (χ4v) is 2.76. The van der Waals surface area contributed by atoms with Crippen molar-refractivity contribution < 1.29 is 5.11 Å². The second-order valence-electron chi connectivity index (χ2n) is 6.14. The maximum Gasteiger partial charge on any atom is 0.138 e. The molecule has 3 nitrogen and oxygen atoms in total. The molecule has 0 saturated heterocycles. The number of aryl methyl sites for hydroxylation is 3. The molecule has 0 spiro atoms. The third-order valence-corrected chi connectivity index (χ3v) is 4.23. The molecule has 0 fully saturated rings. The number of fused-ring (bicyclic) bond motifs is 1. The first-order chi connectivity index (χ1) is 10.5. The fourth-order valence-electron chi connectivity index (χ4n) is 2.76. The minimum absolute atomic E-state index is 0.585. The standard InChI is InChI=1S/C19H22N2O/c1-12-5-7-16(8-6-12)11-21-18-10-14(3)13(2)9-17(18)20-19(21)15(4)22/h5-10,15,22H,11H2,1-4H3. The van der Waals surface area contributed by atoms with Crippen LogP contribution in [-0.2, 0) is 6.54 Å². The highest BCUT2D eigenvalue weighted by atomic mass is 16.3. The topological polar surface area (TPSA) is 38.0 Å². The summed E-state index contributed by atoms with van der Waals surface area (Å²) in [5.74, 6) is 0.723. The maximum atomic E-state index is 10.1. The van der Waals surface area contributed by atoms with Crippen molar-refractivity contribution >= 4 is 11.0 Å². The molecule has 1 N–H and O–H groups in total. The Morgan fingerprint density at radius 2 is 1.68 bits per heavy atom. The van der Waals surface area contributed by atoms with E-state index in [0.717, 1.165) is 23.4 Å². The van der Waals surface area contributed by atoms with Gasteiger partial charge in [-0.2, -0.15) is 0 Å². The minimum Gasteiger partial charge on any atom is -0.385 e. The van der Waals surface area contributed by atoms with Crippen LogP contribution in [0.3, 0.4) is 0 Å². The summed E-state index contributed by atoms with van der Waals surface area (Å²) in [5.41, 5.74) is 6.97. The van der Waals surface area contributed by atoms with Crippen LogP contribution in [0.2, 0.25) is 0 Å². The highest BCUT2D eigenvalue weighted by Gasteiger charge is 2.16. The van der Waals surface area contributed by atoms with Crippen molar-refractivity contribution in [2.45, 2.75) is 40.3 Å². The van der Waals surface area contributed by atoms with Crippen LogP contribution in [0, 0.1) is 20.8 Å². The summed E-state index contributed by atoms with van der Waals surface area (Å²) < 4.78 is 2.12. The van der Waals surface area contributed by atoms with Gasteiger partial charge in [-0.3, -0.25) is 0 Å². The molecule has 22 heavy (non-hydrogen) atoms. The van der Waals surface area contributed by atoms with Crippen LogP contribution in [0.5, 0.6) is 0 Å². The SMILES string of the molecule is Cc1ccc(Cn2c(C(C)O)nc3cc(C)c(C)cc32)cc1. The number of nitrogens with zero attached hydrogens (tertiary/aromatic N) is 2. The lowest BCUT2D eigenvalue weighted by Gasteiger charge is -2.12. The average molecular weight is 294 g/mol. The molecule has 1 atom stereocenters. The molecule has 0 bridgehead atoms. The minimum atomic E-state index is -0.585. The van der Waals surface area contributed by atoms with Gasteiger partial charge in [0.05, 0.1) is 11.0 Å². The van der Waals surface area contributed by atoms with Crippen LogP contribution < -0.4 is 0 Å². The highest BCUT2D eigenvalue weighted by molar-refractivity contribution is 5.78. The molecule has 0 aliphatic carbocycles. The number of rotatable bonds is 3. The van der Waals surface area contributed by atoms with Gasteiger partial charge < -0.3 is 9.67 Å². The summed E-state index contributed by atoms with van der Waals surface area (Å²) in [5, 5.41) is 10.1. The first kappa shape index (κ1) is 14.8. The van der Waals surface area contributed by atoms with Crippen LogP contribution in [0.25, 0.3) is 11.0 Å². The van der Waals surface area contributed by atoms with Crippen LogP contribution in [0.4, 0.5) is 0 Å².